The summed E-state index contributed by atoms with van der Waals surface area (Å²) in [6, 6.07) is -3.91. The third kappa shape index (κ3) is 10.0. The summed E-state index contributed by atoms with van der Waals surface area (Å²) < 4.78 is 37.2. The molecule has 7 fully saturated rings. The van der Waals surface area contributed by atoms with Crippen LogP contribution in [-0.2, 0) is 47.6 Å². The molecule has 426 valence electrons. The summed E-state index contributed by atoms with van der Waals surface area (Å²) in [5.74, 6) is -1.13. The predicted octanol–water partition coefficient (Wildman–Crippen LogP) is 0.994. The third-order valence-corrected chi connectivity index (χ3v) is 20.9. The average Bonchev–Trinajstić information content (AvgIpc) is 3.35. The topological polar surface area (TPSA) is 322 Å². The Kier molecular flexibility index (Phi) is 16.8. The van der Waals surface area contributed by atoms with Crippen molar-refractivity contribution < 1.29 is 88.5 Å². The number of fused-ring (bicyclic) bond motifs is 7. The quantitative estimate of drug-likeness (QED) is 0.0905. The van der Waals surface area contributed by atoms with Crippen molar-refractivity contribution in [2.75, 3.05) is 19.8 Å². The molecule has 3 saturated heterocycles. The minimum atomic E-state index is -1.73. The molecule has 0 aromatic carbocycles. The molecule has 3 heterocycles. The minimum absolute atomic E-state index is 0.00470. The summed E-state index contributed by atoms with van der Waals surface area (Å²) in [6.07, 6.45) is -8.86. The van der Waals surface area contributed by atoms with Crippen LogP contribution in [0.1, 0.15) is 127 Å². The average molecular weight is 1070 g/mol. The van der Waals surface area contributed by atoms with Gasteiger partial charge in [-0.25, -0.2) is 0 Å². The van der Waals surface area contributed by atoms with Crippen LogP contribution in [0.3, 0.4) is 0 Å². The van der Waals surface area contributed by atoms with E-state index in [0.29, 0.717) is 31.1 Å². The number of carbonyl (C=O) groups is 4. The van der Waals surface area contributed by atoms with Crippen LogP contribution in [-0.4, -0.2) is 182 Å². The second-order valence-electron chi connectivity index (χ2n) is 25.2. The molecule has 21 nitrogen and oxygen atoms in total. The SMILES string of the molecule is CC(=O)N[C@H]1[C@H](OC[C@H]2O[C@@H](OC[C@H]3O[C@@H](O[C@H]4CC[C@]5(C)[C@H]6CC=C7[C@@H]8[C@@H](C)[C@H](C)CC[C@]8(C(=O)O)CC[C@@]7(C)[C@]6(C)CC[C@H]5C4(C)C)[C@H](NC(C)=O)[C@@H](O)[C@@H]3O)[C@H](NC(C)=O)[C@@H](O)[C@@H]2O)O[C@H](CO)[C@@H](O)[C@@H]1O. The van der Waals surface area contributed by atoms with Crippen LogP contribution >= 0.6 is 0 Å². The van der Waals surface area contributed by atoms with Crippen molar-refractivity contribution in [2.45, 2.75) is 225 Å². The van der Waals surface area contributed by atoms with Crippen LogP contribution in [0.5, 0.6) is 0 Å². The van der Waals surface area contributed by atoms with Gasteiger partial charge in [-0.3, -0.25) is 19.2 Å². The van der Waals surface area contributed by atoms with E-state index in [0.717, 1.165) is 38.5 Å². The van der Waals surface area contributed by atoms with E-state index < -0.39 is 152 Å². The zero-order chi connectivity index (χ0) is 55.1. The number of nitrogens with one attached hydrogen (secondary N) is 3. The first kappa shape index (κ1) is 58.3. The lowest BCUT2D eigenvalue weighted by Gasteiger charge is -2.71. The number of carboxylic acids is 1. The molecule has 75 heavy (non-hydrogen) atoms. The molecule has 0 bridgehead atoms. The number of amides is 3. The molecule has 8 rings (SSSR count). The van der Waals surface area contributed by atoms with Gasteiger partial charge in [-0.1, -0.05) is 60.1 Å². The fraction of sp³-hybridized carbons (Fsp3) is 0.889. The molecule has 4 saturated carbocycles. The van der Waals surface area contributed by atoms with E-state index >= 15 is 0 Å². The number of carbonyl (C=O) groups excluding carboxylic acids is 3. The molecular weight excluding hydrogens is 979 g/mol. The number of ether oxygens (including phenoxy) is 6. The van der Waals surface area contributed by atoms with Crippen LogP contribution in [0.2, 0.25) is 0 Å². The summed E-state index contributed by atoms with van der Waals surface area (Å²) in [5.41, 5.74) is -0.159. The zero-order valence-electron chi connectivity index (χ0n) is 45.3. The predicted molar refractivity (Wildman–Crippen MR) is 265 cm³/mol. The Morgan fingerprint density at radius 2 is 1.12 bits per heavy atom. The van der Waals surface area contributed by atoms with Gasteiger partial charge in [0, 0.05) is 20.8 Å². The van der Waals surface area contributed by atoms with Crippen molar-refractivity contribution in [1.29, 1.82) is 0 Å². The van der Waals surface area contributed by atoms with E-state index in [9.17, 15) is 60.0 Å². The Morgan fingerprint density at radius 1 is 0.627 bits per heavy atom. The number of carboxylic acid groups (broad SMARTS) is 1. The van der Waals surface area contributed by atoms with E-state index in [1.54, 1.807) is 0 Å². The van der Waals surface area contributed by atoms with Gasteiger partial charge in [0.25, 0.3) is 0 Å². The number of allylic oxidation sites excluding steroid dienone is 2. The Labute approximate surface area is 440 Å². The maximum atomic E-state index is 13.2. The van der Waals surface area contributed by atoms with Crippen LogP contribution in [0, 0.1) is 56.7 Å². The molecule has 0 aromatic heterocycles. The first-order chi connectivity index (χ1) is 35.1. The number of hydrogen-bond donors (Lipinski definition) is 11. The normalized spacial score (nSPS) is 49.3. The number of aliphatic carboxylic acids is 1. The summed E-state index contributed by atoms with van der Waals surface area (Å²) in [7, 11) is 0. The maximum Gasteiger partial charge on any atom is 0.310 e. The highest BCUT2D eigenvalue weighted by Crippen LogP contribution is 2.76. The van der Waals surface area contributed by atoms with Crippen LogP contribution in [0.25, 0.3) is 0 Å². The second-order valence-corrected chi connectivity index (χ2v) is 25.2. The van der Waals surface area contributed by atoms with Gasteiger partial charge >= 0.3 is 5.97 Å². The van der Waals surface area contributed by atoms with Crippen LogP contribution in [0.4, 0.5) is 0 Å². The van der Waals surface area contributed by atoms with Crippen LogP contribution < -0.4 is 16.0 Å². The van der Waals surface area contributed by atoms with Crippen LogP contribution in [0.15, 0.2) is 11.6 Å². The molecule has 25 atom stereocenters. The minimum Gasteiger partial charge on any atom is -0.481 e. The molecule has 0 aromatic rings. The second kappa shape index (κ2) is 21.6. The number of hydrogen-bond acceptors (Lipinski definition) is 17. The smallest absolute Gasteiger partial charge is 0.310 e. The molecular formula is C54H87N3O18. The molecule has 3 amide bonds. The van der Waals surface area contributed by atoms with Crippen molar-refractivity contribution in [3.05, 3.63) is 11.6 Å². The Balaban J connectivity index is 0.988. The standard InChI is InChI=1S/C54H87N3O18/c1-24-13-18-54(49(68)69)20-19-52(9)29(36(54)25(24)2)11-12-34-51(8)16-15-35(50(6,7)33(51)14-17-53(34,52)10)75-48-39(57-28(5)61)45(67)42(64)32(74-48)23-71-47-38(56-27(4)60)44(66)41(63)31(73-47)22-70-46-37(55-26(3)59)43(65)40(62)30(21-58)72-46/h11,24-25,30-48,58,62-67H,12-23H2,1-10H3,(H,55,59)(H,56,60)(H,57,61)(H,68,69)/t24-,25+,30-,31-,32-,33+,34-,35+,36+,37-,38-,39-,40-,41-,42-,43-,44-,45-,46-,47-,48+,51+,52-,53-,54+/m1/s1. The highest BCUT2D eigenvalue weighted by atomic mass is 16.7. The van der Waals surface area contributed by atoms with Gasteiger partial charge in [-0.05, 0) is 109 Å². The largest absolute Gasteiger partial charge is 0.481 e. The van der Waals surface area contributed by atoms with E-state index in [2.05, 4.69) is 70.5 Å². The van der Waals surface area contributed by atoms with E-state index in [-0.39, 0.29) is 34.0 Å². The van der Waals surface area contributed by atoms with Gasteiger partial charge in [0.05, 0.1) is 31.3 Å². The Hall–Kier alpha value is -2.90. The summed E-state index contributed by atoms with van der Waals surface area (Å²) in [6.45, 7) is 18.2. The first-order valence-electron chi connectivity index (χ1n) is 27.4. The van der Waals surface area contributed by atoms with E-state index in [1.807, 2.05) is 0 Å². The lowest BCUT2D eigenvalue weighted by Crippen LogP contribution is -2.68. The number of aliphatic hydroxyl groups is 7. The lowest BCUT2D eigenvalue weighted by atomic mass is 9.33. The highest BCUT2D eigenvalue weighted by Gasteiger charge is 2.70. The Bertz CT molecular complexity index is 2150. The summed E-state index contributed by atoms with van der Waals surface area (Å²) in [4.78, 5) is 50.3. The fourth-order valence-electron chi connectivity index (χ4n) is 16.4. The molecule has 5 aliphatic carbocycles. The van der Waals surface area contributed by atoms with Crippen molar-refractivity contribution >= 4 is 23.7 Å². The van der Waals surface area contributed by atoms with Crippen molar-refractivity contribution in [1.82, 2.24) is 16.0 Å². The van der Waals surface area contributed by atoms with Gasteiger partial charge in [0.2, 0.25) is 17.7 Å². The van der Waals surface area contributed by atoms with Crippen molar-refractivity contribution in [2.24, 2.45) is 56.7 Å². The molecule has 21 heteroatoms. The molecule has 0 spiro atoms. The van der Waals surface area contributed by atoms with Gasteiger partial charge < -0.3 is 85.2 Å². The monoisotopic (exact) mass is 1070 g/mol. The molecule has 8 aliphatic rings. The van der Waals surface area contributed by atoms with E-state index in [4.69, 9.17) is 28.4 Å². The molecule has 3 aliphatic heterocycles. The molecule has 0 radical (unpaired) electrons. The lowest BCUT2D eigenvalue weighted by molar-refractivity contribution is -0.326. The van der Waals surface area contributed by atoms with Crippen molar-refractivity contribution in [3.8, 4) is 0 Å². The fourth-order valence-corrected chi connectivity index (χ4v) is 16.4. The number of aliphatic hydroxyl groups excluding tert-OH is 7. The Morgan fingerprint density at radius 3 is 1.63 bits per heavy atom. The highest BCUT2D eigenvalue weighted by molar-refractivity contribution is 5.77. The van der Waals surface area contributed by atoms with Gasteiger partial charge in [-0.15, -0.1) is 0 Å². The third-order valence-electron chi connectivity index (χ3n) is 20.9. The van der Waals surface area contributed by atoms with Gasteiger partial charge in [-0.2, -0.15) is 0 Å². The number of rotatable bonds is 13. The zero-order valence-corrected chi connectivity index (χ0v) is 45.3. The van der Waals surface area contributed by atoms with E-state index in [1.165, 1.54) is 26.3 Å². The summed E-state index contributed by atoms with van der Waals surface area (Å²) in [5, 5.41) is 95.5. The summed E-state index contributed by atoms with van der Waals surface area (Å²) >= 11 is 0. The van der Waals surface area contributed by atoms with Gasteiger partial charge in [0.15, 0.2) is 18.9 Å². The first-order valence-corrected chi connectivity index (χ1v) is 27.4. The van der Waals surface area contributed by atoms with Crippen molar-refractivity contribution in [3.63, 3.8) is 0 Å². The molecule has 0 unspecified atom stereocenters. The molecule has 11 N–H and O–H groups in total. The maximum absolute atomic E-state index is 13.2. The van der Waals surface area contributed by atoms with Gasteiger partial charge in [0.1, 0.15) is 73.1 Å².